The Labute approximate surface area is 240 Å². The molecule has 4 N–H and O–H groups in total. The molecular formula is C31H29FN8O2. The van der Waals surface area contributed by atoms with Crippen LogP contribution in [0.3, 0.4) is 0 Å². The topological polar surface area (TPSA) is 132 Å². The Hall–Kier alpha value is -5.16. The molecule has 1 amide bonds. The number of halogens is 1. The van der Waals surface area contributed by atoms with Crippen LogP contribution in [0.4, 0.5) is 27.3 Å². The molecule has 1 saturated carbocycles. The van der Waals surface area contributed by atoms with Crippen LogP contribution in [0.1, 0.15) is 36.0 Å². The maximum atomic E-state index is 13.3. The van der Waals surface area contributed by atoms with E-state index in [1.54, 1.807) is 35.1 Å². The van der Waals surface area contributed by atoms with E-state index in [1.165, 1.54) is 41.1 Å². The van der Waals surface area contributed by atoms with Gasteiger partial charge in [0.2, 0.25) is 0 Å². The minimum atomic E-state index is -0.548. The van der Waals surface area contributed by atoms with Crippen molar-refractivity contribution in [2.45, 2.75) is 31.7 Å². The standard InChI is InChI=1S/C31H29FN8O2/c32-21-5-13-25(14-6-21)39-16-1-2-26(31(39)42)30(41)37-24-11-9-23(10-12-24)36-27-18-28(38-40-17-15-34-29(27)40)35-19-20-3-7-22(33)8-4-20/h1-2,5-6,9-20,22,36H,3-4,7-8,33H2,(H,37,41). The lowest BCUT2D eigenvalue weighted by Crippen LogP contribution is -2.27. The van der Waals surface area contributed by atoms with Gasteiger partial charge >= 0.3 is 0 Å². The van der Waals surface area contributed by atoms with Crippen LogP contribution in [0.25, 0.3) is 11.3 Å². The molecule has 11 heteroatoms. The summed E-state index contributed by atoms with van der Waals surface area (Å²) in [5.41, 5.74) is 8.60. The maximum absolute atomic E-state index is 13.3. The molecule has 0 spiro atoms. The molecule has 10 nitrogen and oxygen atoms in total. The number of aromatic nitrogens is 4. The third-order valence-electron chi connectivity index (χ3n) is 7.30. The lowest BCUT2D eigenvalue weighted by atomic mass is 9.87. The van der Waals surface area contributed by atoms with Gasteiger partial charge in [0, 0.05) is 54.0 Å². The van der Waals surface area contributed by atoms with Gasteiger partial charge in [-0.3, -0.25) is 14.2 Å². The predicted molar refractivity (Wildman–Crippen MR) is 161 cm³/mol. The highest BCUT2D eigenvalue weighted by atomic mass is 19.1. The molecule has 3 heterocycles. The largest absolute Gasteiger partial charge is 0.352 e. The van der Waals surface area contributed by atoms with Gasteiger partial charge in [0.15, 0.2) is 11.5 Å². The molecule has 1 aliphatic carbocycles. The summed E-state index contributed by atoms with van der Waals surface area (Å²) in [5, 5.41) is 10.7. The van der Waals surface area contributed by atoms with Crippen LogP contribution >= 0.6 is 0 Å². The number of pyridine rings is 1. The van der Waals surface area contributed by atoms with Crippen LogP contribution in [0.15, 0.2) is 95.1 Å². The molecule has 0 bridgehead atoms. The summed E-state index contributed by atoms with van der Waals surface area (Å²) in [5.74, 6) is 0.000943. The molecule has 212 valence electrons. The molecular weight excluding hydrogens is 535 g/mol. The van der Waals surface area contributed by atoms with Crippen molar-refractivity contribution in [2.24, 2.45) is 16.6 Å². The van der Waals surface area contributed by atoms with Crippen LogP contribution in [0, 0.1) is 11.7 Å². The van der Waals surface area contributed by atoms with Crippen LogP contribution in [-0.4, -0.2) is 37.3 Å². The number of hydrogen-bond donors (Lipinski definition) is 3. The molecule has 0 unspecified atom stereocenters. The van der Waals surface area contributed by atoms with Crippen molar-refractivity contribution in [3.05, 3.63) is 107 Å². The quantitative estimate of drug-likeness (QED) is 0.232. The van der Waals surface area contributed by atoms with Gasteiger partial charge in [-0.2, -0.15) is 0 Å². The fraction of sp³-hybridized carbons (Fsp3) is 0.194. The number of anilines is 3. The maximum Gasteiger partial charge on any atom is 0.267 e. The van der Waals surface area contributed by atoms with Crippen LogP contribution in [0.5, 0.6) is 0 Å². The van der Waals surface area contributed by atoms with E-state index in [9.17, 15) is 14.0 Å². The summed E-state index contributed by atoms with van der Waals surface area (Å²) in [6, 6.07) is 17.8. The zero-order chi connectivity index (χ0) is 29.1. The number of aliphatic imine (C=N–C) groups is 1. The summed E-state index contributed by atoms with van der Waals surface area (Å²) in [6.07, 6.45) is 11.0. The molecule has 1 fully saturated rings. The molecule has 0 saturated heterocycles. The zero-order valence-corrected chi connectivity index (χ0v) is 22.7. The van der Waals surface area contributed by atoms with Crippen molar-refractivity contribution >= 4 is 40.6 Å². The van der Waals surface area contributed by atoms with Gasteiger partial charge in [0.05, 0.1) is 5.69 Å². The van der Waals surface area contributed by atoms with Crippen molar-refractivity contribution < 1.29 is 9.18 Å². The second-order valence-electron chi connectivity index (χ2n) is 10.3. The summed E-state index contributed by atoms with van der Waals surface area (Å²) in [6.45, 7) is 0. The number of carbonyl (C=O) groups is 1. The first-order valence-corrected chi connectivity index (χ1v) is 13.7. The third-order valence-corrected chi connectivity index (χ3v) is 7.30. The number of carbonyl (C=O) groups excluding carboxylic acids is 1. The highest BCUT2D eigenvalue weighted by molar-refractivity contribution is 6.04. The summed E-state index contributed by atoms with van der Waals surface area (Å²) in [7, 11) is 0. The molecule has 2 aromatic carbocycles. The lowest BCUT2D eigenvalue weighted by molar-refractivity contribution is 0.102. The fourth-order valence-electron chi connectivity index (χ4n) is 5.00. The number of amides is 1. The minimum Gasteiger partial charge on any atom is -0.352 e. The van der Waals surface area contributed by atoms with Crippen LogP contribution < -0.4 is 21.9 Å². The Kier molecular flexibility index (Phi) is 7.56. The van der Waals surface area contributed by atoms with E-state index in [1.807, 2.05) is 24.4 Å². The van der Waals surface area contributed by atoms with Gasteiger partial charge in [-0.15, -0.1) is 5.10 Å². The van der Waals surface area contributed by atoms with E-state index in [2.05, 4.69) is 25.7 Å². The van der Waals surface area contributed by atoms with Crippen molar-refractivity contribution in [3.8, 4) is 5.69 Å². The average Bonchev–Trinajstić information content (AvgIpc) is 3.48. The van der Waals surface area contributed by atoms with Gasteiger partial charge in [-0.05, 0) is 92.3 Å². The second kappa shape index (κ2) is 11.8. The van der Waals surface area contributed by atoms with Gasteiger partial charge in [-0.1, -0.05) is 0 Å². The van der Waals surface area contributed by atoms with E-state index in [0.29, 0.717) is 28.8 Å². The van der Waals surface area contributed by atoms with Crippen LogP contribution in [0.2, 0.25) is 0 Å². The summed E-state index contributed by atoms with van der Waals surface area (Å²) < 4.78 is 16.3. The Bertz CT molecular complexity index is 1800. The lowest BCUT2D eigenvalue weighted by Gasteiger charge is -2.22. The van der Waals surface area contributed by atoms with Gasteiger partial charge in [-0.25, -0.2) is 18.9 Å². The molecule has 0 aliphatic heterocycles. The molecule has 0 radical (unpaired) electrons. The number of nitrogens with two attached hydrogens (primary N) is 1. The monoisotopic (exact) mass is 564 g/mol. The number of rotatable bonds is 7. The zero-order valence-electron chi connectivity index (χ0n) is 22.7. The van der Waals surface area contributed by atoms with E-state index >= 15 is 0 Å². The van der Waals surface area contributed by atoms with Gasteiger partial charge in [0.1, 0.15) is 11.4 Å². The number of fused-ring (bicyclic) bond motifs is 1. The second-order valence-corrected chi connectivity index (χ2v) is 10.3. The smallest absolute Gasteiger partial charge is 0.267 e. The highest BCUT2D eigenvalue weighted by Crippen LogP contribution is 2.27. The molecule has 0 atom stereocenters. The van der Waals surface area contributed by atoms with Crippen molar-refractivity contribution in [1.82, 2.24) is 19.2 Å². The van der Waals surface area contributed by atoms with Crippen LogP contribution in [-0.2, 0) is 0 Å². The normalized spacial score (nSPS) is 17.0. The molecule has 1 aliphatic rings. The third kappa shape index (κ3) is 5.96. The number of nitrogens with one attached hydrogen (secondary N) is 2. The number of benzene rings is 2. The molecule has 6 rings (SSSR count). The van der Waals surface area contributed by atoms with E-state index in [-0.39, 0.29) is 11.6 Å². The molecule has 3 aromatic heterocycles. The Balaban J connectivity index is 1.16. The van der Waals surface area contributed by atoms with Gasteiger partial charge < -0.3 is 16.4 Å². The Morgan fingerprint density at radius 1 is 1.00 bits per heavy atom. The van der Waals surface area contributed by atoms with E-state index in [4.69, 9.17) is 5.73 Å². The molecule has 42 heavy (non-hydrogen) atoms. The summed E-state index contributed by atoms with van der Waals surface area (Å²) >= 11 is 0. The van der Waals surface area contributed by atoms with Crippen molar-refractivity contribution in [2.75, 3.05) is 10.6 Å². The number of hydrogen-bond acceptors (Lipinski definition) is 7. The highest BCUT2D eigenvalue weighted by Gasteiger charge is 2.17. The molecule has 5 aromatic rings. The van der Waals surface area contributed by atoms with E-state index in [0.717, 1.165) is 37.1 Å². The first-order valence-electron chi connectivity index (χ1n) is 13.7. The Morgan fingerprint density at radius 3 is 2.50 bits per heavy atom. The van der Waals surface area contributed by atoms with E-state index < -0.39 is 17.3 Å². The minimum absolute atomic E-state index is 0.0355. The van der Waals surface area contributed by atoms with Crippen molar-refractivity contribution in [3.63, 3.8) is 0 Å². The summed E-state index contributed by atoms with van der Waals surface area (Å²) in [4.78, 5) is 35.0. The first kappa shape index (κ1) is 27.0. The predicted octanol–water partition coefficient (Wildman–Crippen LogP) is 5.24. The van der Waals surface area contributed by atoms with Gasteiger partial charge in [0.25, 0.3) is 11.5 Å². The Morgan fingerprint density at radius 2 is 1.74 bits per heavy atom. The average molecular weight is 565 g/mol. The first-order chi connectivity index (χ1) is 20.4. The fourth-order valence-corrected chi connectivity index (χ4v) is 5.00. The SMILES string of the molecule is NC1CCC(C=Nc2cc(Nc3ccc(NC(=O)c4cccn(-c5ccc(F)cc5)c4=O)cc3)c3nccn3n2)CC1. The number of imidazole rings is 1. The van der Waals surface area contributed by atoms with Crippen molar-refractivity contribution in [1.29, 1.82) is 0 Å². The number of nitrogens with zero attached hydrogens (tertiary/aromatic N) is 5.